The van der Waals surface area contributed by atoms with Crippen molar-refractivity contribution >= 4 is 0 Å². The summed E-state index contributed by atoms with van der Waals surface area (Å²) in [5, 5.41) is 17.2. The van der Waals surface area contributed by atoms with E-state index >= 15 is 0 Å². The zero-order chi connectivity index (χ0) is 13.1. The number of para-hydroxylation sites is 2. The molecular formula is C14H17FO2. The molecule has 0 heterocycles. The van der Waals surface area contributed by atoms with E-state index in [1.165, 1.54) is 18.2 Å². The lowest BCUT2D eigenvalue weighted by atomic mass is 10.3. The van der Waals surface area contributed by atoms with Crippen LogP contribution in [-0.2, 0) is 0 Å². The highest BCUT2D eigenvalue weighted by Crippen LogP contribution is 2.11. The molecule has 0 spiro atoms. The van der Waals surface area contributed by atoms with Crippen LogP contribution in [0.1, 0.15) is 13.8 Å². The van der Waals surface area contributed by atoms with Crippen LogP contribution in [0.4, 0.5) is 4.39 Å². The molecule has 0 radical (unpaired) electrons. The Labute approximate surface area is 101 Å². The second-order valence-electron chi connectivity index (χ2n) is 2.79. The third-order valence-electron chi connectivity index (χ3n) is 1.61. The molecule has 0 saturated heterocycles. The number of benzene rings is 2. The number of hydrogen-bond donors (Lipinski definition) is 2. The number of phenolic OH excluding ortho intramolecular Hbond substituents is 2. The molecule has 2 aromatic carbocycles. The molecule has 92 valence electrons. The van der Waals surface area contributed by atoms with Crippen LogP contribution in [0.5, 0.6) is 11.5 Å². The SMILES string of the molecule is CC.Oc1ccccc1.Oc1ccccc1F. The Balaban J connectivity index is 0.000000265. The monoisotopic (exact) mass is 236 g/mol. The van der Waals surface area contributed by atoms with Crippen molar-refractivity contribution in [2.45, 2.75) is 13.8 Å². The first-order valence-electron chi connectivity index (χ1n) is 5.37. The number of halogens is 1. The molecule has 0 bridgehead atoms. The van der Waals surface area contributed by atoms with Crippen molar-refractivity contribution in [3.8, 4) is 11.5 Å². The zero-order valence-electron chi connectivity index (χ0n) is 9.97. The van der Waals surface area contributed by atoms with Gasteiger partial charge < -0.3 is 10.2 Å². The minimum atomic E-state index is -0.576. The van der Waals surface area contributed by atoms with Crippen LogP contribution >= 0.6 is 0 Å². The fraction of sp³-hybridized carbons (Fsp3) is 0.143. The second kappa shape index (κ2) is 9.21. The molecule has 2 aromatic rings. The Kier molecular flexibility index (Phi) is 8.11. The lowest BCUT2D eigenvalue weighted by Crippen LogP contribution is -1.70. The van der Waals surface area contributed by atoms with Crippen LogP contribution in [0, 0.1) is 5.82 Å². The molecule has 0 aliphatic heterocycles. The largest absolute Gasteiger partial charge is 0.508 e. The topological polar surface area (TPSA) is 40.5 Å². The maximum atomic E-state index is 12.1. The quantitative estimate of drug-likeness (QED) is 0.727. The van der Waals surface area contributed by atoms with E-state index in [1.807, 2.05) is 19.9 Å². The fourth-order valence-corrected chi connectivity index (χ4v) is 0.880. The van der Waals surface area contributed by atoms with E-state index < -0.39 is 5.82 Å². The van der Waals surface area contributed by atoms with Crippen molar-refractivity contribution in [3.05, 3.63) is 60.4 Å². The summed E-state index contributed by atoms with van der Waals surface area (Å²) in [5.41, 5.74) is 0. The van der Waals surface area contributed by atoms with Gasteiger partial charge in [0, 0.05) is 0 Å². The molecule has 0 aliphatic carbocycles. The zero-order valence-corrected chi connectivity index (χ0v) is 9.97. The minimum Gasteiger partial charge on any atom is -0.508 e. The predicted molar refractivity (Wildman–Crippen MR) is 67.5 cm³/mol. The van der Waals surface area contributed by atoms with Gasteiger partial charge in [0.05, 0.1) is 0 Å². The third-order valence-corrected chi connectivity index (χ3v) is 1.61. The number of hydrogen-bond acceptors (Lipinski definition) is 2. The summed E-state index contributed by atoms with van der Waals surface area (Å²) in [6, 6.07) is 14.3. The highest BCUT2D eigenvalue weighted by molar-refractivity contribution is 5.21. The third kappa shape index (κ3) is 6.95. The van der Waals surface area contributed by atoms with Crippen LogP contribution in [0.2, 0.25) is 0 Å². The van der Waals surface area contributed by atoms with Crippen LogP contribution < -0.4 is 0 Å². The van der Waals surface area contributed by atoms with Crippen LogP contribution in [0.3, 0.4) is 0 Å². The Hall–Kier alpha value is -2.03. The lowest BCUT2D eigenvalue weighted by molar-refractivity contribution is 0.432. The predicted octanol–water partition coefficient (Wildman–Crippen LogP) is 3.95. The smallest absolute Gasteiger partial charge is 0.164 e. The fourth-order valence-electron chi connectivity index (χ4n) is 0.880. The van der Waals surface area contributed by atoms with Gasteiger partial charge >= 0.3 is 0 Å². The summed E-state index contributed by atoms with van der Waals surface area (Å²) in [6.45, 7) is 4.00. The van der Waals surface area contributed by atoms with Gasteiger partial charge in [-0.3, -0.25) is 0 Å². The van der Waals surface area contributed by atoms with Gasteiger partial charge in [0.25, 0.3) is 0 Å². The Morgan fingerprint density at radius 3 is 1.53 bits per heavy atom. The van der Waals surface area contributed by atoms with Crippen molar-refractivity contribution in [1.82, 2.24) is 0 Å². The highest BCUT2D eigenvalue weighted by atomic mass is 19.1. The molecular weight excluding hydrogens is 219 g/mol. The maximum absolute atomic E-state index is 12.1. The van der Waals surface area contributed by atoms with E-state index in [9.17, 15) is 4.39 Å². The summed E-state index contributed by atoms with van der Waals surface area (Å²) < 4.78 is 12.1. The van der Waals surface area contributed by atoms with Crippen LogP contribution in [0.15, 0.2) is 54.6 Å². The van der Waals surface area contributed by atoms with E-state index in [4.69, 9.17) is 10.2 Å². The standard InChI is InChI=1S/C6H5FO.C6H6O.C2H6/c7-5-3-1-2-4-6(5)8;7-6-4-2-1-3-5-6;1-2/h1-4,8H;1-5,7H;1-2H3. The van der Waals surface area contributed by atoms with Gasteiger partial charge in [0.15, 0.2) is 11.6 Å². The molecule has 0 saturated carbocycles. The van der Waals surface area contributed by atoms with E-state index in [2.05, 4.69) is 0 Å². The van der Waals surface area contributed by atoms with Crippen LogP contribution in [0.25, 0.3) is 0 Å². The van der Waals surface area contributed by atoms with Gasteiger partial charge in [-0.2, -0.15) is 0 Å². The minimum absolute atomic E-state index is 0.299. The second-order valence-corrected chi connectivity index (χ2v) is 2.79. The normalized spacial score (nSPS) is 8.18. The van der Waals surface area contributed by atoms with Gasteiger partial charge in [0.1, 0.15) is 5.75 Å². The van der Waals surface area contributed by atoms with Gasteiger partial charge in [-0.15, -0.1) is 0 Å². The Morgan fingerprint density at radius 2 is 1.24 bits per heavy atom. The summed E-state index contributed by atoms with van der Waals surface area (Å²) in [4.78, 5) is 0. The van der Waals surface area contributed by atoms with E-state index in [0.717, 1.165) is 0 Å². The molecule has 3 heteroatoms. The molecule has 2 N–H and O–H groups in total. The van der Waals surface area contributed by atoms with E-state index in [0.29, 0.717) is 5.75 Å². The van der Waals surface area contributed by atoms with Crippen LogP contribution in [-0.4, -0.2) is 10.2 Å². The number of rotatable bonds is 0. The van der Waals surface area contributed by atoms with Gasteiger partial charge in [-0.25, -0.2) is 4.39 Å². The maximum Gasteiger partial charge on any atom is 0.164 e. The number of phenols is 2. The van der Waals surface area contributed by atoms with Crippen molar-refractivity contribution in [1.29, 1.82) is 0 Å². The molecule has 2 nitrogen and oxygen atoms in total. The van der Waals surface area contributed by atoms with Crippen molar-refractivity contribution in [2.75, 3.05) is 0 Å². The Bertz CT molecular complexity index is 381. The first-order chi connectivity index (χ1) is 8.20. The van der Waals surface area contributed by atoms with Crippen molar-refractivity contribution in [3.63, 3.8) is 0 Å². The highest BCUT2D eigenvalue weighted by Gasteiger charge is 1.92. The molecule has 0 aliphatic rings. The summed E-state index contributed by atoms with van der Waals surface area (Å²) >= 11 is 0. The molecule has 0 unspecified atom stereocenters. The van der Waals surface area contributed by atoms with E-state index in [1.54, 1.807) is 30.3 Å². The molecule has 0 amide bonds. The lowest BCUT2D eigenvalue weighted by Gasteiger charge is -1.88. The average Bonchev–Trinajstić information content (AvgIpc) is 2.37. The first-order valence-corrected chi connectivity index (χ1v) is 5.37. The average molecular weight is 236 g/mol. The number of aromatic hydroxyl groups is 2. The molecule has 17 heavy (non-hydrogen) atoms. The molecule has 2 rings (SSSR count). The summed E-state index contributed by atoms with van der Waals surface area (Å²) in [7, 11) is 0. The Morgan fingerprint density at radius 1 is 0.765 bits per heavy atom. The van der Waals surface area contributed by atoms with Gasteiger partial charge in [0.2, 0.25) is 0 Å². The van der Waals surface area contributed by atoms with Crippen molar-refractivity contribution < 1.29 is 14.6 Å². The first kappa shape index (κ1) is 15.0. The molecule has 0 aromatic heterocycles. The molecule has 0 fully saturated rings. The van der Waals surface area contributed by atoms with Gasteiger partial charge in [-0.1, -0.05) is 44.2 Å². The van der Waals surface area contributed by atoms with E-state index in [-0.39, 0.29) is 5.75 Å². The summed E-state index contributed by atoms with van der Waals surface area (Å²) in [5.74, 6) is -0.553. The molecule has 0 atom stereocenters. The van der Waals surface area contributed by atoms with Gasteiger partial charge in [-0.05, 0) is 24.3 Å². The van der Waals surface area contributed by atoms with Crippen molar-refractivity contribution in [2.24, 2.45) is 0 Å². The summed E-state index contributed by atoms with van der Waals surface area (Å²) in [6.07, 6.45) is 0.